The highest BCUT2D eigenvalue weighted by molar-refractivity contribution is 8.00. The molecule has 2 atom stereocenters. The van der Waals surface area contributed by atoms with E-state index in [1.165, 1.54) is 26.4 Å². The van der Waals surface area contributed by atoms with Gasteiger partial charge in [-0.3, -0.25) is 4.79 Å². The Bertz CT molecular complexity index is 187. The van der Waals surface area contributed by atoms with E-state index in [9.17, 15) is 4.79 Å². The molecule has 0 aliphatic heterocycles. The van der Waals surface area contributed by atoms with Crippen molar-refractivity contribution in [3.63, 3.8) is 0 Å². The highest BCUT2D eigenvalue weighted by Crippen LogP contribution is 2.26. The number of hydrogen-bond acceptors (Lipinski definition) is 4. The maximum absolute atomic E-state index is 11.0. The summed E-state index contributed by atoms with van der Waals surface area (Å²) in [5.74, 6) is 0.293. The van der Waals surface area contributed by atoms with Crippen molar-refractivity contribution in [2.45, 2.75) is 43.4 Å². The number of nitrogens with two attached hydrogens (primary N) is 1. The number of methoxy groups -OCH3 is 1. The number of carbonyl (C=O) groups is 1. The number of hydrogen-bond donors (Lipinski definition) is 1. The Morgan fingerprint density at radius 1 is 1.43 bits per heavy atom. The van der Waals surface area contributed by atoms with Crippen LogP contribution in [-0.2, 0) is 9.53 Å². The summed E-state index contributed by atoms with van der Waals surface area (Å²) >= 11 is 1.65. The predicted molar refractivity (Wildman–Crippen MR) is 59.3 cm³/mol. The average molecular weight is 217 g/mol. The van der Waals surface area contributed by atoms with E-state index in [1.54, 1.807) is 11.8 Å². The second kappa shape index (κ2) is 6.30. The van der Waals surface area contributed by atoms with Crippen molar-refractivity contribution in [2.24, 2.45) is 5.73 Å². The summed E-state index contributed by atoms with van der Waals surface area (Å²) in [5, 5.41) is 0.441. The fraction of sp³-hybridized carbons (Fsp3) is 0.900. The molecular formula is C10H19NO2S. The molecule has 1 fully saturated rings. The molecule has 0 aromatic rings. The number of carbonyl (C=O) groups excluding carboxylic acids is 1. The fourth-order valence-corrected chi connectivity index (χ4v) is 2.93. The van der Waals surface area contributed by atoms with Crippen molar-refractivity contribution in [1.82, 2.24) is 0 Å². The normalized spacial score (nSPS) is 28.1. The molecule has 1 rings (SSSR count). The molecule has 4 heteroatoms. The quantitative estimate of drug-likeness (QED) is 0.575. The van der Waals surface area contributed by atoms with E-state index in [-0.39, 0.29) is 12.0 Å². The number of esters is 1. The summed E-state index contributed by atoms with van der Waals surface area (Å²) in [6, 6.07) is 0.257. The molecule has 82 valence electrons. The van der Waals surface area contributed by atoms with Crippen molar-refractivity contribution < 1.29 is 9.53 Å². The van der Waals surface area contributed by atoms with Gasteiger partial charge >= 0.3 is 5.97 Å². The molecule has 0 saturated heterocycles. The predicted octanol–water partition coefficient (Wildman–Crippen LogP) is 1.55. The van der Waals surface area contributed by atoms with Gasteiger partial charge in [0.15, 0.2) is 0 Å². The Morgan fingerprint density at radius 2 is 2.14 bits per heavy atom. The lowest BCUT2D eigenvalue weighted by molar-refractivity contribution is -0.137. The van der Waals surface area contributed by atoms with Crippen LogP contribution in [0.5, 0.6) is 0 Å². The third kappa shape index (κ3) is 3.88. The van der Waals surface area contributed by atoms with Gasteiger partial charge in [-0.25, -0.2) is 0 Å². The molecule has 2 N–H and O–H groups in total. The van der Waals surface area contributed by atoms with Crippen molar-refractivity contribution in [1.29, 1.82) is 0 Å². The monoisotopic (exact) mass is 217 g/mol. The molecule has 0 amide bonds. The molecule has 3 nitrogen and oxygen atoms in total. The molecule has 1 aliphatic rings. The van der Waals surface area contributed by atoms with Gasteiger partial charge < -0.3 is 10.5 Å². The van der Waals surface area contributed by atoms with Gasteiger partial charge in [-0.15, -0.1) is 11.8 Å². The summed E-state index contributed by atoms with van der Waals surface area (Å²) in [6.07, 6.45) is 5.99. The van der Waals surface area contributed by atoms with E-state index in [0.717, 1.165) is 12.8 Å². The van der Waals surface area contributed by atoms with Gasteiger partial charge in [-0.1, -0.05) is 19.3 Å². The van der Waals surface area contributed by atoms with Crippen LogP contribution < -0.4 is 5.73 Å². The van der Waals surface area contributed by atoms with Crippen molar-refractivity contribution >= 4 is 17.7 Å². The second-order valence-corrected chi connectivity index (χ2v) is 4.95. The first-order valence-electron chi connectivity index (χ1n) is 5.18. The summed E-state index contributed by atoms with van der Waals surface area (Å²) in [7, 11) is 1.43. The molecule has 1 aliphatic carbocycles. The summed E-state index contributed by atoms with van der Waals surface area (Å²) in [6.45, 7) is 0. The molecule has 1 saturated carbocycles. The first-order valence-corrected chi connectivity index (χ1v) is 6.23. The molecule has 0 bridgehead atoms. The van der Waals surface area contributed by atoms with Crippen LogP contribution in [0.3, 0.4) is 0 Å². The molecule has 0 spiro atoms. The van der Waals surface area contributed by atoms with Crippen LogP contribution in [0.2, 0.25) is 0 Å². The van der Waals surface area contributed by atoms with E-state index in [4.69, 9.17) is 5.73 Å². The topological polar surface area (TPSA) is 52.3 Å². The summed E-state index contributed by atoms with van der Waals surface area (Å²) < 4.78 is 4.61. The Kier molecular flexibility index (Phi) is 5.33. The molecule has 0 aromatic carbocycles. The fourth-order valence-electron chi connectivity index (χ4n) is 1.74. The largest absolute Gasteiger partial charge is 0.468 e. The third-order valence-corrected chi connectivity index (χ3v) is 4.06. The van der Waals surface area contributed by atoms with Crippen LogP contribution in [0.1, 0.15) is 32.1 Å². The highest BCUT2D eigenvalue weighted by atomic mass is 32.2. The van der Waals surface area contributed by atoms with Crippen molar-refractivity contribution in [2.75, 3.05) is 12.9 Å². The standard InChI is InChI=1S/C10H19NO2S/c1-13-10(12)7-14-9-6-4-2-3-5-8(9)11/h8-9H,2-7,11H2,1H3. The maximum atomic E-state index is 11.0. The zero-order valence-corrected chi connectivity index (χ0v) is 9.52. The molecule has 2 unspecified atom stereocenters. The Labute approximate surface area is 89.8 Å². The van der Waals surface area contributed by atoms with Crippen LogP contribution in [0.25, 0.3) is 0 Å². The van der Waals surface area contributed by atoms with E-state index in [1.807, 2.05) is 0 Å². The Balaban J connectivity index is 2.29. The van der Waals surface area contributed by atoms with Gasteiger partial charge in [0.2, 0.25) is 0 Å². The van der Waals surface area contributed by atoms with Gasteiger partial charge in [0.25, 0.3) is 0 Å². The number of rotatable bonds is 3. The SMILES string of the molecule is COC(=O)CSC1CCCCCC1N. The summed E-state index contributed by atoms with van der Waals surface area (Å²) in [5.41, 5.74) is 6.03. The van der Waals surface area contributed by atoms with Crippen molar-refractivity contribution in [3.05, 3.63) is 0 Å². The number of thioether (sulfide) groups is 1. The smallest absolute Gasteiger partial charge is 0.315 e. The van der Waals surface area contributed by atoms with Crippen LogP contribution in [0, 0.1) is 0 Å². The average Bonchev–Trinajstić information content (AvgIpc) is 2.39. The summed E-state index contributed by atoms with van der Waals surface area (Å²) in [4.78, 5) is 11.0. The minimum atomic E-state index is -0.147. The van der Waals surface area contributed by atoms with Gasteiger partial charge in [-0.05, 0) is 12.8 Å². The lowest BCUT2D eigenvalue weighted by Gasteiger charge is -2.19. The Hall–Kier alpha value is -0.220. The van der Waals surface area contributed by atoms with Gasteiger partial charge in [-0.2, -0.15) is 0 Å². The van der Waals surface area contributed by atoms with Gasteiger partial charge in [0, 0.05) is 11.3 Å². The van der Waals surface area contributed by atoms with Crippen LogP contribution >= 0.6 is 11.8 Å². The first-order chi connectivity index (χ1) is 6.74. The third-order valence-electron chi connectivity index (χ3n) is 2.65. The lowest BCUT2D eigenvalue weighted by Crippen LogP contribution is -2.32. The van der Waals surface area contributed by atoms with Gasteiger partial charge in [0.1, 0.15) is 0 Å². The minimum absolute atomic E-state index is 0.147. The van der Waals surface area contributed by atoms with E-state index in [2.05, 4.69) is 4.74 Å². The lowest BCUT2D eigenvalue weighted by atomic mass is 10.1. The molecule has 14 heavy (non-hydrogen) atoms. The van der Waals surface area contributed by atoms with Crippen LogP contribution in [-0.4, -0.2) is 30.1 Å². The zero-order chi connectivity index (χ0) is 10.4. The Morgan fingerprint density at radius 3 is 2.86 bits per heavy atom. The van der Waals surface area contributed by atoms with E-state index < -0.39 is 0 Å². The molecular weight excluding hydrogens is 198 g/mol. The maximum Gasteiger partial charge on any atom is 0.315 e. The first kappa shape index (κ1) is 11.9. The zero-order valence-electron chi connectivity index (χ0n) is 8.70. The van der Waals surface area contributed by atoms with Gasteiger partial charge in [0.05, 0.1) is 12.9 Å². The van der Waals surface area contributed by atoms with Crippen LogP contribution in [0.15, 0.2) is 0 Å². The van der Waals surface area contributed by atoms with E-state index >= 15 is 0 Å². The second-order valence-electron chi connectivity index (χ2n) is 3.73. The van der Waals surface area contributed by atoms with E-state index in [0.29, 0.717) is 11.0 Å². The highest BCUT2D eigenvalue weighted by Gasteiger charge is 2.21. The molecule has 0 radical (unpaired) electrons. The minimum Gasteiger partial charge on any atom is -0.468 e. The van der Waals surface area contributed by atoms with Crippen LogP contribution in [0.4, 0.5) is 0 Å². The molecule has 0 heterocycles. The van der Waals surface area contributed by atoms with Crippen molar-refractivity contribution in [3.8, 4) is 0 Å². The molecule has 0 aromatic heterocycles. The number of ether oxygens (including phenoxy) is 1.